The molecule has 22 heavy (non-hydrogen) atoms. The van der Waals surface area contributed by atoms with Crippen LogP contribution in [0.1, 0.15) is 27.2 Å². The Bertz CT molecular complexity index is 416. The van der Waals surface area contributed by atoms with E-state index in [4.69, 9.17) is 17.0 Å². The van der Waals surface area contributed by atoms with Crippen molar-refractivity contribution < 1.29 is 24.3 Å². The largest absolute Gasteiger partial charge is 0.465 e. The van der Waals surface area contributed by atoms with Gasteiger partial charge in [0, 0.05) is 13.5 Å². The fourth-order valence-electron chi connectivity index (χ4n) is 1.36. The molecule has 0 rings (SSSR count). The van der Waals surface area contributed by atoms with Crippen LogP contribution in [0.5, 0.6) is 0 Å². The van der Waals surface area contributed by atoms with Crippen LogP contribution < -0.4 is 10.6 Å². The van der Waals surface area contributed by atoms with E-state index in [1.165, 1.54) is 6.92 Å². The number of amides is 1. The Labute approximate surface area is 133 Å². The lowest BCUT2D eigenvalue weighted by molar-refractivity contribution is -0.757. The molecule has 0 saturated carbocycles. The highest BCUT2D eigenvalue weighted by Crippen LogP contribution is 2.01. The number of carbonyl (C=O) groups is 2. The summed E-state index contributed by atoms with van der Waals surface area (Å²) < 4.78 is 5.03. The molecule has 10 heteroatoms. The molecule has 1 atom stereocenters. The van der Waals surface area contributed by atoms with Crippen LogP contribution in [0, 0.1) is 16.0 Å². The predicted molar refractivity (Wildman–Crippen MR) is 81.6 cm³/mol. The molecule has 0 aliphatic rings. The van der Waals surface area contributed by atoms with Crippen molar-refractivity contribution in [2.75, 3.05) is 19.8 Å². The normalized spacial score (nSPS) is 11.5. The highest BCUT2D eigenvalue weighted by atomic mass is 32.1. The molecule has 0 aliphatic heterocycles. The molecule has 126 valence electrons. The Morgan fingerprint density at radius 2 is 2.00 bits per heavy atom. The first kappa shape index (κ1) is 20.0. The fraction of sp³-hybridized carbons (Fsp3) is 0.750. The minimum Gasteiger partial charge on any atom is -0.465 e. The number of esters is 1. The van der Waals surface area contributed by atoms with E-state index < -0.39 is 17.1 Å². The van der Waals surface area contributed by atoms with Crippen molar-refractivity contribution in [1.29, 1.82) is 0 Å². The molecule has 0 spiro atoms. The lowest BCUT2D eigenvalue weighted by atomic mass is 10.2. The number of carbonyl (C=O) groups excluding carboxylic acids is 2. The molecule has 2 N–H and O–H groups in total. The summed E-state index contributed by atoms with van der Waals surface area (Å²) in [7, 11) is 0. The molecule has 0 unspecified atom stereocenters. The summed E-state index contributed by atoms with van der Waals surface area (Å²) in [6, 6.07) is -0.734. The Morgan fingerprint density at radius 1 is 1.36 bits per heavy atom. The second-order valence-electron chi connectivity index (χ2n) is 4.88. The van der Waals surface area contributed by atoms with Crippen molar-refractivity contribution in [3.63, 3.8) is 0 Å². The summed E-state index contributed by atoms with van der Waals surface area (Å²) in [5, 5.41) is 14.3. The number of ether oxygens (including phenoxy) is 1. The van der Waals surface area contributed by atoms with Crippen LogP contribution in [0.15, 0.2) is 0 Å². The van der Waals surface area contributed by atoms with Crippen molar-refractivity contribution in [2.24, 2.45) is 5.92 Å². The maximum absolute atomic E-state index is 11.7. The van der Waals surface area contributed by atoms with Gasteiger partial charge in [0.05, 0.1) is 24.1 Å². The first-order chi connectivity index (χ1) is 10.2. The van der Waals surface area contributed by atoms with Gasteiger partial charge in [-0.05, 0) is 5.92 Å². The van der Waals surface area contributed by atoms with Crippen molar-refractivity contribution >= 4 is 29.1 Å². The smallest absolute Gasteiger partial charge is 0.308 e. The van der Waals surface area contributed by atoms with Crippen molar-refractivity contribution in [2.45, 2.75) is 33.2 Å². The lowest BCUT2D eigenvalue weighted by Crippen LogP contribution is -2.47. The number of hydrogen-bond donors (Lipinski definition) is 2. The molecule has 0 aromatic carbocycles. The van der Waals surface area contributed by atoms with E-state index in [2.05, 4.69) is 15.5 Å². The zero-order chi connectivity index (χ0) is 17.1. The van der Waals surface area contributed by atoms with E-state index in [1.54, 1.807) is 0 Å². The second kappa shape index (κ2) is 10.7. The van der Waals surface area contributed by atoms with Crippen LogP contribution in [0.25, 0.3) is 0 Å². The Kier molecular flexibility index (Phi) is 9.75. The molecular formula is C12H21N3O6S. The Morgan fingerprint density at radius 3 is 2.50 bits per heavy atom. The monoisotopic (exact) mass is 335 g/mol. The van der Waals surface area contributed by atoms with Gasteiger partial charge in [0.15, 0.2) is 0 Å². The third-order valence-corrected chi connectivity index (χ3v) is 2.67. The van der Waals surface area contributed by atoms with Gasteiger partial charge in [-0.1, -0.05) is 26.1 Å². The number of nitrogens with one attached hydrogen (secondary N) is 2. The van der Waals surface area contributed by atoms with E-state index >= 15 is 0 Å². The van der Waals surface area contributed by atoms with E-state index in [-0.39, 0.29) is 43.0 Å². The van der Waals surface area contributed by atoms with Gasteiger partial charge in [-0.15, -0.1) is 10.1 Å². The van der Waals surface area contributed by atoms with Crippen molar-refractivity contribution in [3.8, 4) is 0 Å². The molecule has 0 heterocycles. The van der Waals surface area contributed by atoms with Gasteiger partial charge in [-0.2, -0.15) is 0 Å². The van der Waals surface area contributed by atoms with Gasteiger partial charge in [0.25, 0.3) is 5.09 Å². The molecule has 0 radical (unpaired) electrons. The molecule has 0 fully saturated rings. The van der Waals surface area contributed by atoms with Gasteiger partial charge in [-0.3, -0.25) is 9.59 Å². The molecule has 0 aromatic rings. The minimum absolute atomic E-state index is 0.0803. The van der Waals surface area contributed by atoms with Gasteiger partial charge < -0.3 is 20.2 Å². The number of thiocarbonyl (C=S) groups is 1. The Hall–Kier alpha value is -1.97. The number of nitrogens with zero attached hydrogens (tertiary/aromatic N) is 1. The van der Waals surface area contributed by atoms with Crippen LogP contribution >= 0.6 is 12.2 Å². The van der Waals surface area contributed by atoms with Crippen LogP contribution in [-0.4, -0.2) is 47.8 Å². The van der Waals surface area contributed by atoms with E-state index in [0.29, 0.717) is 0 Å². The predicted octanol–water partition coefficient (Wildman–Crippen LogP) is 0.206. The quantitative estimate of drug-likeness (QED) is 0.191. The van der Waals surface area contributed by atoms with Gasteiger partial charge in [-0.25, -0.2) is 0 Å². The minimum atomic E-state index is -0.917. The van der Waals surface area contributed by atoms with Gasteiger partial charge >= 0.3 is 5.97 Å². The maximum atomic E-state index is 11.7. The summed E-state index contributed by atoms with van der Waals surface area (Å²) in [4.78, 5) is 37.2. The summed E-state index contributed by atoms with van der Waals surface area (Å²) in [6.45, 7) is 5.27. The molecular weight excluding hydrogens is 314 g/mol. The molecule has 0 aromatic heterocycles. The summed E-state index contributed by atoms with van der Waals surface area (Å²) >= 11 is 5.07. The second-order valence-corrected chi connectivity index (χ2v) is 5.32. The highest BCUT2D eigenvalue weighted by Gasteiger charge is 2.20. The summed E-state index contributed by atoms with van der Waals surface area (Å²) in [5.41, 5.74) is 0. The lowest BCUT2D eigenvalue weighted by Gasteiger charge is -2.19. The zero-order valence-electron chi connectivity index (χ0n) is 12.8. The van der Waals surface area contributed by atoms with Gasteiger partial charge in [0.1, 0.15) is 6.61 Å². The third kappa shape index (κ3) is 10.8. The van der Waals surface area contributed by atoms with E-state index in [9.17, 15) is 19.7 Å². The first-order valence-corrected chi connectivity index (χ1v) is 7.11. The van der Waals surface area contributed by atoms with Crippen LogP contribution in [0.3, 0.4) is 0 Å². The zero-order valence-corrected chi connectivity index (χ0v) is 13.6. The van der Waals surface area contributed by atoms with E-state index in [1.807, 2.05) is 13.8 Å². The summed E-state index contributed by atoms with van der Waals surface area (Å²) in [5.74, 6) is -0.641. The average molecular weight is 335 g/mol. The van der Waals surface area contributed by atoms with Crippen LogP contribution in [0.4, 0.5) is 0 Å². The third-order valence-electron chi connectivity index (χ3n) is 2.24. The highest BCUT2D eigenvalue weighted by molar-refractivity contribution is 7.80. The molecule has 0 saturated heterocycles. The molecule has 0 aliphatic carbocycles. The number of hydrogen-bond acceptors (Lipinski definition) is 7. The van der Waals surface area contributed by atoms with Crippen LogP contribution in [-0.2, 0) is 19.2 Å². The standard InChI is InChI=1S/C12H21N3O6S/c1-8(2)7-20-11(17)6-10(14-9(3)16)12(22)13-4-5-21-15(18)19/h8,10H,4-7H2,1-3H3,(H,13,22)(H,14,16)/t10-/m1/s1. The van der Waals surface area contributed by atoms with Crippen LogP contribution in [0.2, 0.25) is 0 Å². The van der Waals surface area contributed by atoms with Gasteiger partial charge in [0.2, 0.25) is 5.91 Å². The molecule has 9 nitrogen and oxygen atoms in total. The first-order valence-electron chi connectivity index (χ1n) is 6.70. The Balaban J connectivity index is 4.36. The average Bonchev–Trinajstić information content (AvgIpc) is 2.39. The fourth-order valence-corrected chi connectivity index (χ4v) is 1.60. The summed E-state index contributed by atoms with van der Waals surface area (Å²) in [6.07, 6.45) is -0.117. The molecule has 1 amide bonds. The van der Waals surface area contributed by atoms with Crippen molar-refractivity contribution in [1.82, 2.24) is 10.6 Å². The van der Waals surface area contributed by atoms with E-state index in [0.717, 1.165) is 0 Å². The topological polar surface area (TPSA) is 120 Å². The SMILES string of the molecule is CC(=O)N[C@H](CC(=O)OCC(C)C)C(=S)NCCO[N+](=O)[O-]. The maximum Gasteiger partial charge on any atom is 0.308 e. The van der Waals surface area contributed by atoms with Crippen molar-refractivity contribution in [3.05, 3.63) is 10.1 Å². The number of rotatable bonds is 10. The molecule has 0 bridgehead atoms.